The van der Waals surface area contributed by atoms with Crippen molar-refractivity contribution in [1.82, 2.24) is 9.29 Å². The fourth-order valence-corrected chi connectivity index (χ4v) is 3.07. The van der Waals surface area contributed by atoms with Gasteiger partial charge in [0.15, 0.2) is 0 Å². The minimum absolute atomic E-state index is 0.172. The molecular weight excluding hydrogens is 295 g/mol. The predicted octanol–water partition coefficient (Wildman–Crippen LogP) is 0.778. The van der Waals surface area contributed by atoms with Crippen molar-refractivity contribution in [2.75, 3.05) is 27.3 Å². The van der Waals surface area contributed by atoms with Gasteiger partial charge in [0, 0.05) is 0 Å². The second kappa shape index (κ2) is 6.38. The number of methoxy groups -OCH3 is 1. The standard InChI is InChI=1S/C12H15BN2O5S/c1-15(5-6-19-2)21(17,18)10-3-4-11-9(7-10)8-12(14-11)20-13-16/h3-4,7-8,14H,5-6H2,1-2H3. The SMILES string of the molecule is COCCN(C)S(=O)(=O)c1ccc2[nH]c(OB=O)cc2c1. The summed E-state index contributed by atoms with van der Waals surface area (Å²) in [4.78, 5) is 3.03. The first kappa shape index (κ1) is 15.7. The zero-order valence-electron chi connectivity index (χ0n) is 11.7. The summed E-state index contributed by atoms with van der Waals surface area (Å²) in [5, 5.41) is 0.646. The van der Waals surface area contributed by atoms with Gasteiger partial charge < -0.3 is 0 Å². The minimum atomic E-state index is -3.58. The van der Waals surface area contributed by atoms with Crippen LogP contribution in [0.2, 0.25) is 0 Å². The Kier molecular flexibility index (Phi) is 4.76. The fraction of sp³-hybridized carbons (Fsp3) is 0.333. The molecule has 1 heterocycles. The van der Waals surface area contributed by atoms with Crippen molar-refractivity contribution in [3.8, 4) is 5.88 Å². The molecule has 0 radical (unpaired) electrons. The van der Waals surface area contributed by atoms with Gasteiger partial charge in [0.2, 0.25) is 0 Å². The third-order valence-electron chi connectivity index (χ3n) is 3.06. The van der Waals surface area contributed by atoms with Crippen molar-refractivity contribution in [1.29, 1.82) is 0 Å². The van der Waals surface area contributed by atoms with Gasteiger partial charge >= 0.3 is 122 Å². The van der Waals surface area contributed by atoms with E-state index in [-0.39, 0.29) is 17.3 Å². The predicted molar refractivity (Wildman–Crippen MR) is 77.1 cm³/mol. The molecule has 0 spiro atoms. The number of sulfonamides is 1. The Hall–Kier alpha value is -1.71. The molecule has 0 bridgehead atoms. The summed E-state index contributed by atoms with van der Waals surface area (Å²) >= 11 is 0. The Morgan fingerprint density at radius 2 is 2.10 bits per heavy atom. The first-order valence-corrected chi connectivity index (χ1v) is 7.61. The third kappa shape index (κ3) is 3.31. The van der Waals surface area contributed by atoms with E-state index in [1.807, 2.05) is 0 Å². The van der Waals surface area contributed by atoms with E-state index in [1.54, 1.807) is 12.1 Å². The molecule has 0 unspecified atom stereocenters. The number of nitrogens with zero attached hydrogens (tertiary/aromatic N) is 1. The van der Waals surface area contributed by atoms with Crippen LogP contribution in [0.5, 0.6) is 5.88 Å². The molecule has 0 fully saturated rings. The number of aromatic nitrogens is 1. The number of likely N-dealkylation sites (N-methyl/N-ethyl adjacent to an activating group) is 1. The first-order valence-electron chi connectivity index (χ1n) is 6.17. The quantitative estimate of drug-likeness (QED) is 0.763. The van der Waals surface area contributed by atoms with Crippen LogP contribution in [-0.2, 0) is 19.5 Å². The van der Waals surface area contributed by atoms with E-state index in [4.69, 9.17) is 9.39 Å². The summed E-state index contributed by atoms with van der Waals surface area (Å²) < 4.78 is 45.9. The zero-order chi connectivity index (χ0) is 15.5. The monoisotopic (exact) mass is 310 g/mol. The maximum absolute atomic E-state index is 12.4. The average molecular weight is 310 g/mol. The van der Waals surface area contributed by atoms with Crippen molar-refractivity contribution in [3.05, 3.63) is 24.3 Å². The van der Waals surface area contributed by atoms with E-state index in [0.29, 0.717) is 24.9 Å². The van der Waals surface area contributed by atoms with Gasteiger partial charge in [-0.05, 0) is 0 Å². The topological polar surface area (TPSA) is 88.7 Å². The van der Waals surface area contributed by atoms with Gasteiger partial charge in [-0.3, -0.25) is 0 Å². The van der Waals surface area contributed by atoms with Crippen molar-refractivity contribution < 1.29 is 22.5 Å². The molecule has 0 aliphatic rings. The summed E-state index contributed by atoms with van der Waals surface area (Å²) in [5.41, 5.74) is 0.686. The molecule has 0 amide bonds. The van der Waals surface area contributed by atoms with Gasteiger partial charge in [-0.25, -0.2) is 0 Å². The second-order valence-electron chi connectivity index (χ2n) is 4.42. The van der Waals surface area contributed by atoms with E-state index in [0.717, 1.165) is 0 Å². The van der Waals surface area contributed by atoms with Crippen molar-refractivity contribution in [2.24, 2.45) is 0 Å². The molecule has 0 saturated carbocycles. The second-order valence-corrected chi connectivity index (χ2v) is 6.46. The Balaban J connectivity index is 2.35. The number of fused-ring (bicyclic) bond motifs is 1. The molecule has 2 rings (SSSR count). The Labute approximate surface area is 123 Å². The number of benzene rings is 1. The van der Waals surface area contributed by atoms with E-state index in [9.17, 15) is 13.1 Å². The maximum atomic E-state index is 12.4. The average Bonchev–Trinajstić information content (AvgIpc) is 2.86. The van der Waals surface area contributed by atoms with Gasteiger partial charge in [-0.15, -0.1) is 0 Å². The van der Waals surface area contributed by atoms with Crippen LogP contribution >= 0.6 is 0 Å². The Bertz CT molecular complexity index is 743. The van der Waals surface area contributed by atoms with E-state index in [1.165, 1.54) is 30.6 Å². The van der Waals surface area contributed by atoms with Gasteiger partial charge in [0.1, 0.15) is 0 Å². The zero-order valence-corrected chi connectivity index (χ0v) is 12.5. The molecule has 1 N–H and O–H groups in total. The molecule has 1 aromatic heterocycles. The number of hydrogen-bond donors (Lipinski definition) is 1. The molecule has 112 valence electrons. The molecule has 0 atom stereocenters. The molecule has 1 aromatic carbocycles. The van der Waals surface area contributed by atoms with Crippen LogP contribution in [0.4, 0.5) is 0 Å². The van der Waals surface area contributed by atoms with Crippen LogP contribution in [0.15, 0.2) is 29.2 Å². The number of hydrogen-bond acceptors (Lipinski definition) is 5. The summed E-state index contributed by atoms with van der Waals surface area (Å²) in [7, 11) is -0.259. The van der Waals surface area contributed by atoms with Crippen LogP contribution < -0.4 is 4.65 Å². The van der Waals surface area contributed by atoms with Gasteiger partial charge in [0.25, 0.3) is 0 Å². The molecule has 21 heavy (non-hydrogen) atoms. The van der Waals surface area contributed by atoms with E-state index < -0.39 is 10.0 Å². The summed E-state index contributed by atoms with van der Waals surface area (Å²) in [6.07, 6.45) is 0. The van der Waals surface area contributed by atoms with Crippen LogP contribution in [-0.4, -0.2) is 52.4 Å². The van der Waals surface area contributed by atoms with E-state index in [2.05, 4.69) is 4.98 Å². The van der Waals surface area contributed by atoms with Gasteiger partial charge in [-0.1, -0.05) is 0 Å². The van der Waals surface area contributed by atoms with Crippen LogP contribution in [0, 0.1) is 0 Å². The van der Waals surface area contributed by atoms with Crippen molar-refractivity contribution in [3.63, 3.8) is 0 Å². The number of rotatable bonds is 7. The molecule has 7 nitrogen and oxygen atoms in total. The fourth-order valence-electron chi connectivity index (χ4n) is 1.88. The molecular formula is C12H15BN2O5S. The number of ether oxygens (including phenoxy) is 1. The molecule has 9 heteroatoms. The summed E-state index contributed by atoms with van der Waals surface area (Å²) in [5.74, 6) is 0.266. The molecule has 0 saturated heterocycles. The Morgan fingerprint density at radius 1 is 1.33 bits per heavy atom. The summed E-state index contributed by atoms with van der Waals surface area (Å²) in [6, 6.07) is 6.23. The molecule has 0 aliphatic carbocycles. The van der Waals surface area contributed by atoms with Crippen molar-refractivity contribution in [2.45, 2.75) is 4.90 Å². The Morgan fingerprint density at radius 3 is 2.76 bits per heavy atom. The summed E-state index contributed by atoms with van der Waals surface area (Å²) in [6.45, 7) is 0.586. The van der Waals surface area contributed by atoms with E-state index >= 15 is 0 Å². The number of nitrogens with one attached hydrogen (secondary N) is 1. The van der Waals surface area contributed by atoms with Gasteiger partial charge in [-0.2, -0.15) is 0 Å². The van der Waals surface area contributed by atoms with Crippen molar-refractivity contribution >= 4 is 28.3 Å². The first-order chi connectivity index (χ1) is 9.98. The van der Waals surface area contributed by atoms with Gasteiger partial charge in [0.05, 0.1) is 0 Å². The number of H-pyrrole nitrogens is 1. The van der Waals surface area contributed by atoms with Crippen LogP contribution in [0.3, 0.4) is 0 Å². The van der Waals surface area contributed by atoms with Crippen LogP contribution in [0.25, 0.3) is 10.9 Å². The normalized spacial score (nSPS) is 11.8. The molecule has 0 aliphatic heterocycles. The molecule has 2 aromatic rings. The number of aromatic amines is 1. The van der Waals surface area contributed by atoms with Crippen LogP contribution in [0.1, 0.15) is 0 Å². The third-order valence-corrected chi connectivity index (χ3v) is 4.91.